The summed E-state index contributed by atoms with van der Waals surface area (Å²) in [7, 11) is -1.75. The lowest BCUT2D eigenvalue weighted by molar-refractivity contribution is 1.19. The lowest BCUT2D eigenvalue weighted by Crippen LogP contribution is -2.61. The van der Waals surface area contributed by atoms with E-state index in [2.05, 4.69) is 150 Å². The minimum atomic E-state index is -1.75. The summed E-state index contributed by atoms with van der Waals surface area (Å²) in [5, 5.41) is 7.07. The summed E-state index contributed by atoms with van der Waals surface area (Å²) >= 11 is 1.91. The highest BCUT2D eigenvalue weighted by atomic mass is 32.1. The van der Waals surface area contributed by atoms with Crippen LogP contribution in [0, 0.1) is 0 Å². The number of nitrogens with zero attached hydrogens (tertiary/aromatic N) is 2. The van der Waals surface area contributed by atoms with E-state index in [9.17, 15) is 0 Å². The maximum absolute atomic E-state index is 2.63. The molecule has 2 aliphatic heterocycles. The van der Waals surface area contributed by atoms with Gasteiger partial charge in [-0.3, -0.25) is 0 Å². The minimum absolute atomic E-state index is 0.0573. The van der Waals surface area contributed by atoms with Gasteiger partial charge in [-0.15, -0.1) is 11.3 Å². The summed E-state index contributed by atoms with van der Waals surface area (Å²) in [4.78, 5) is 2.62. The number of fused-ring (bicyclic) bond motifs is 11. The van der Waals surface area contributed by atoms with Gasteiger partial charge in [0.15, 0.2) is 0 Å². The van der Waals surface area contributed by atoms with Crippen LogP contribution >= 0.6 is 11.3 Å². The molecule has 5 heteroatoms. The average molecular weight is 597 g/mol. The van der Waals surface area contributed by atoms with Crippen molar-refractivity contribution in [1.29, 1.82) is 0 Å². The minimum Gasteiger partial charge on any atom is -0.376 e. The van der Waals surface area contributed by atoms with E-state index in [-0.39, 0.29) is 6.85 Å². The molecule has 0 bridgehead atoms. The highest BCUT2D eigenvalue weighted by Gasteiger charge is 2.45. The molecule has 0 unspecified atom stereocenters. The Morgan fingerprint density at radius 1 is 0.614 bits per heavy atom. The Kier molecular flexibility index (Phi) is 4.81. The molecule has 0 N–H and O–H groups in total. The Balaban J connectivity index is 1.47. The third-order valence-electron chi connectivity index (χ3n) is 9.87. The maximum Gasteiger partial charge on any atom is 0.333 e. The predicted molar refractivity (Wildman–Crippen MR) is 196 cm³/mol. The van der Waals surface area contributed by atoms with Gasteiger partial charge in [0.05, 0.1) is 19.1 Å². The molecule has 0 radical (unpaired) electrons. The van der Waals surface area contributed by atoms with Gasteiger partial charge in [-0.1, -0.05) is 98.5 Å². The Morgan fingerprint density at radius 2 is 1.34 bits per heavy atom. The zero-order valence-electron chi connectivity index (χ0n) is 24.9. The molecule has 8 aromatic rings. The van der Waals surface area contributed by atoms with Gasteiger partial charge in [0.25, 0.3) is 0 Å². The van der Waals surface area contributed by atoms with Crippen molar-refractivity contribution in [1.82, 2.24) is 4.57 Å². The molecule has 2 aromatic heterocycles. The molecular weight excluding hydrogens is 567 g/mol. The molecule has 0 saturated heterocycles. The number of anilines is 2. The molecule has 208 valence electrons. The molecule has 2 aliphatic rings. The fourth-order valence-corrected chi connectivity index (χ4v) is 10.8. The van der Waals surface area contributed by atoms with Crippen LogP contribution in [0.2, 0.25) is 19.6 Å². The normalized spacial score (nSPS) is 13.7. The van der Waals surface area contributed by atoms with Crippen molar-refractivity contribution in [3.63, 3.8) is 0 Å². The van der Waals surface area contributed by atoms with Gasteiger partial charge in [0.2, 0.25) is 0 Å². The van der Waals surface area contributed by atoms with Crippen LogP contribution in [0.15, 0.2) is 121 Å². The average Bonchev–Trinajstić information content (AvgIpc) is 3.59. The van der Waals surface area contributed by atoms with E-state index in [1.165, 1.54) is 81.1 Å². The van der Waals surface area contributed by atoms with Crippen LogP contribution < -0.4 is 20.9 Å². The highest BCUT2D eigenvalue weighted by Crippen LogP contribution is 2.46. The maximum atomic E-state index is 2.63. The molecule has 44 heavy (non-hydrogen) atoms. The second-order valence-corrected chi connectivity index (χ2v) is 19.5. The molecule has 6 aromatic carbocycles. The van der Waals surface area contributed by atoms with Gasteiger partial charge in [-0.05, 0) is 64.1 Å². The van der Waals surface area contributed by atoms with Crippen LogP contribution in [0.5, 0.6) is 0 Å². The first-order chi connectivity index (χ1) is 21.5. The van der Waals surface area contributed by atoms with Crippen molar-refractivity contribution in [2.24, 2.45) is 0 Å². The second kappa shape index (κ2) is 8.53. The summed E-state index contributed by atoms with van der Waals surface area (Å²) in [6, 6.07) is 45.7. The number of benzene rings is 6. The largest absolute Gasteiger partial charge is 0.376 e. The van der Waals surface area contributed by atoms with Crippen molar-refractivity contribution in [3.8, 4) is 16.8 Å². The molecule has 0 saturated carbocycles. The van der Waals surface area contributed by atoms with Gasteiger partial charge in [0, 0.05) is 53.6 Å². The Morgan fingerprint density at radius 3 is 2.18 bits per heavy atom. The van der Waals surface area contributed by atoms with E-state index in [1.807, 2.05) is 11.3 Å². The zero-order chi connectivity index (χ0) is 29.3. The number of hydrogen-bond acceptors (Lipinski definition) is 2. The highest BCUT2D eigenvalue weighted by molar-refractivity contribution is 7.26. The second-order valence-electron chi connectivity index (χ2n) is 13.3. The summed E-state index contributed by atoms with van der Waals surface area (Å²) in [6.07, 6.45) is 0. The first-order valence-electron chi connectivity index (χ1n) is 15.5. The molecule has 0 aliphatic carbocycles. The van der Waals surface area contributed by atoms with Gasteiger partial charge < -0.3 is 9.38 Å². The molecule has 10 rings (SSSR count). The van der Waals surface area contributed by atoms with E-state index in [0.717, 1.165) is 0 Å². The van der Waals surface area contributed by atoms with Crippen LogP contribution in [0.25, 0.3) is 58.8 Å². The van der Waals surface area contributed by atoms with E-state index in [1.54, 1.807) is 5.19 Å². The lowest BCUT2D eigenvalue weighted by atomic mass is 9.44. The molecule has 2 nitrogen and oxygen atoms in total. The van der Waals surface area contributed by atoms with E-state index in [0.29, 0.717) is 0 Å². The van der Waals surface area contributed by atoms with Crippen LogP contribution in [0.4, 0.5) is 11.4 Å². The van der Waals surface area contributed by atoms with E-state index >= 15 is 0 Å². The topological polar surface area (TPSA) is 8.17 Å². The number of aromatic nitrogens is 1. The molecule has 0 spiro atoms. The lowest BCUT2D eigenvalue weighted by Gasteiger charge is -2.42. The number of hydrogen-bond donors (Lipinski definition) is 0. The monoisotopic (exact) mass is 596 g/mol. The van der Waals surface area contributed by atoms with Crippen LogP contribution in [-0.2, 0) is 0 Å². The SMILES string of the molecule is C[Si](C)(C)c1cc2c3c4c1c1ccccc1n4-c1cc4c(cc1B3N(c1ccccc1)c1ccccc1-2)sc1ccccc14. The van der Waals surface area contributed by atoms with Gasteiger partial charge in [-0.2, -0.15) is 0 Å². The Bertz CT molecular complexity index is 2500. The molecular formula is C39H29BN2SSi. The van der Waals surface area contributed by atoms with Gasteiger partial charge in [0.1, 0.15) is 0 Å². The van der Waals surface area contributed by atoms with Gasteiger partial charge >= 0.3 is 6.85 Å². The predicted octanol–water partition coefficient (Wildman–Crippen LogP) is 8.93. The van der Waals surface area contributed by atoms with Gasteiger partial charge in [-0.25, -0.2) is 0 Å². The summed E-state index contributed by atoms with van der Waals surface area (Å²) < 4.78 is 5.33. The third kappa shape index (κ3) is 3.11. The summed E-state index contributed by atoms with van der Waals surface area (Å²) in [5.74, 6) is 0. The molecule has 0 fully saturated rings. The number of para-hydroxylation sites is 3. The smallest absolute Gasteiger partial charge is 0.333 e. The summed E-state index contributed by atoms with van der Waals surface area (Å²) in [5.41, 5.74) is 12.1. The molecule has 0 amide bonds. The van der Waals surface area contributed by atoms with Crippen molar-refractivity contribution in [2.45, 2.75) is 19.6 Å². The molecule has 4 heterocycles. The van der Waals surface area contributed by atoms with Crippen LogP contribution in [-0.4, -0.2) is 19.5 Å². The van der Waals surface area contributed by atoms with Crippen LogP contribution in [0.3, 0.4) is 0 Å². The molecule has 0 atom stereocenters. The van der Waals surface area contributed by atoms with E-state index < -0.39 is 8.07 Å². The van der Waals surface area contributed by atoms with Crippen molar-refractivity contribution < 1.29 is 0 Å². The third-order valence-corrected chi connectivity index (χ3v) is 13.0. The van der Waals surface area contributed by atoms with E-state index in [4.69, 9.17) is 0 Å². The fourth-order valence-electron chi connectivity index (χ4n) is 8.07. The number of thiophene rings is 1. The first-order valence-corrected chi connectivity index (χ1v) is 19.8. The summed E-state index contributed by atoms with van der Waals surface area (Å²) in [6.45, 7) is 7.57. The van der Waals surface area contributed by atoms with Crippen molar-refractivity contribution in [2.75, 3.05) is 4.81 Å². The van der Waals surface area contributed by atoms with Crippen LogP contribution in [0.1, 0.15) is 0 Å². The fraction of sp³-hybridized carbons (Fsp3) is 0.0769. The van der Waals surface area contributed by atoms with Crippen molar-refractivity contribution >= 4 is 95.7 Å². The first kappa shape index (κ1) is 24.8. The number of rotatable bonds is 2. The zero-order valence-corrected chi connectivity index (χ0v) is 26.7. The quantitative estimate of drug-likeness (QED) is 0.181. The van der Waals surface area contributed by atoms with Crippen molar-refractivity contribution in [3.05, 3.63) is 121 Å². The Hall–Kier alpha value is -4.58. The standard InChI is InChI=1S/C39H29BN2SSi/c1-44(2,3)36-22-29-25-15-7-11-19-32(25)42(24-13-5-4-6-14-24)40-30-23-35-28(26-16-9-12-20-34(26)43-35)21-33(30)41-31-18-10-8-17-27(31)37(36)39(41)38(29)40/h4-23H,1-3H3. The Labute approximate surface area is 261 Å².